The van der Waals surface area contributed by atoms with Gasteiger partial charge in [0.25, 0.3) is 5.60 Å². The van der Waals surface area contributed by atoms with Gasteiger partial charge in [0.15, 0.2) is 5.92 Å². The smallest absolute Gasteiger partial charge is 0.430 e. The number of aliphatic hydroxyl groups is 1. The van der Waals surface area contributed by atoms with Crippen LogP contribution in [0, 0.1) is 17.2 Å². The molecule has 0 unspecified atom stereocenters. The highest BCUT2D eigenvalue weighted by molar-refractivity contribution is 5.90. The third-order valence-electron chi connectivity index (χ3n) is 2.00. The summed E-state index contributed by atoms with van der Waals surface area (Å²) in [5, 5.41) is 17.9. The van der Waals surface area contributed by atoms with Crippen LogP contribution < -0.4 is 0 Å². The Balaban J connectivity index is 5.65. The van der Waals surface area contributed by atoms with Gasteiger partial charge in [0.05, 0.1) is 19.8 Å². The molecule has 18 heavy (non-hydrogen) atoms. The summed E-state index contributed by atoms with van der Waals surface area (Å²) in [4.78, 5) is 22.2. The molecular weight excluding hydrogens is 259 g/mol. The SMILES string of the molecule is CCOC(=O)[C@@H](C#N)[C@@](O)(C(=O)OC)C(F)(F)F. The van der Waals surface area contributed by atoms with E-state index in [0.29, 0.717) is 7.11 Å². The van der Waals surface area contributed by atoms with Gasteiger partial charge in [0, 0.05) is 0 Å². The minimum absolute atomic E-state index is 0.313. The van der Waals surface area contributed by atoms with Gasteiger partial charge in [-0.05, 0) is 6.92 Å². The lowest BCUT2D eigenvalue weighted by Gasteiger charge is -2.29. The van der Waals surface area contributed by atoms with Gasteiger partial charge in [0.1, 0.15) is 0 Å². The summed E-state index contributed by atoms with van der Waals surface area (Å²) in [6.45, 7) is 0.975. The molecule has 0 aromatic heterocycles. The molecule has 0 bridgehead atoms. The standard InChI is InChI=1S/C9H10F3NO5/c1-3-18-6(14)5(4-13)8(16,7(15)17-2)9(10,11)12/h5,16H,3H2,1-2H3/t5-,8-/m1/s1. The van der Waals surface area contributed by atoms with Gasteiger partial charge in [-0.25, -0.2) is 4.79 Å². The number of nitrogens with zero attached hydrogens (tertiary/aromatic N) is 1. The Kier molecular flexibility index (Phi) is 5.11. The van der Waals surface area contributed by atoms with E-state index in [-0.39, 0.29) is 6.61 Å². The summed E-state index contributed by atoms with van der Waals surface area (Å²) >= 11 is 0. The number of methoxy groups -OCH3 is 1. The lowest BCUT2D eigenvalue weighted by molar-refractivity contribution is -0.272. The Bertz CT molecular complexity index is 375. The van der Waals surface area contributed by atoms with Gasteiger partial charge in [-0.15, -0.1) is 0 Å². The molecule has 9 heteroatoms. The van der Waals surface area contributed by atoms with Crippen molar-refractivity contribution in [1.82, 2.24) is 0 Å². The second kappa shape index (κ2) is 5.68. The van der Waals surface area contributed by atoms with Crippen molar-refractivity contribution in [3.05, 3.63) is 0 Å². The predicted octanol–water partition coefficient (Wildman–Crippen LogP) is 0.156. The summed E-state index contributed by atoms with van der Waals surface area (Å²) in [5.74, 6) is -6.58. The fourth-order valence-corrected chi connectivity index (χ4v) is 1.10. The number of rotatable bonds is 4. The van der Waals surface area contributed by atoms with E-state index >= 15 is 0 Å². The second-order valence-corrected chi connectivity index (χ2v) is 3.07. The van der Waals surface area contributed by atoms with Crippen molar-refractivity contribution in [2.75, 3.05) is 13.7 Å². The molecule has 0 saturated carbocycles. The first-order valence-electron chi connectivity index (χ1n) is 4.60. The van der Waals surface area contributed by atoms with Gasteiger partial charge >= 0.3 is 18.1 Å². The number of ether oxygens (including phenoxy) is 2. The maximum absolute atomic E-state index is 12.7. The van der Waals surface area contributed by atoms with Crippen molar-refractivity contribution in [3.63, 3.8) is 0 Å². The van der Waals surface area contributed by atoms with Gasteiger partial charge in [0.2, 0.25) is 0 Å². The topological polar surface area (TPSA) is 96.6 Å². The van der Waals surface area contributed by atoms with Gasteiger partial charge in [-0.1, -0.05) is 0 Å². The van der Waals surface area contributed by atoms with Crippen LogP contribution >= 0.6 is 0 Å². The molecular formula is C9H10F3NO5. The van der Waals surface area contributed by atoms with E-state index in [1.54, 1.807) is 0 Å². The molecule has 0 amide bonds. The Morgan fingerprint density at radius 2 is 1.94 bits per heavy atom. The molecule has 0 aliphatic rings. The van der Waals surface area contributed by atoms with Crippen LogP contribution in [-0.2, 0) is 19.1 Å². The molecule has 0 aliphatic heterocycles. The first-order valence-corrected chi connectivity index (χ1v) is 4.60. The van der Waals surface area contributed by atoms with Gasteiger partial charge in [-0.3, -0.25) is 4.79 Å². The number of halogens is 3. The average molecular weight is 269 g/mol. The van der Waals surface area contributed by atoms with Crippen LogP contribution in [0.25, 0.3) is 0 Å². The summed E-state index contributed by atoms with van der Waals surface area (Å²) in [5.41, 5.74) is -4.26. The summed E-state index contributed by atoms with van der Waals surface area (Å²) < 4.78 is 46.0. The molecule has 102 valence electrons. The van der Waals surface area contributed by atoms with Crippen LogP contribution in [0.3, 0.4) is 0 Å². The third kappa shape index (κ3) is 2.70. The quantitative estimate of drug-likeness (QED) is 0.730. The van der Waals surface area contributed by atoms with Crippen molar-refractivity contribution in [2.24, 2.45) is 5.92 Å². The van der Waals surface area contributed by atoms with E-state index in [4.69, 9.17) is 5.26 Å². The highest BCUT2D eigenvalue weighted by Gasteiger charge is 2.68. The third-order valence-corrected chi connectivity index (χ3v) is 2.00. The van der Waals surface area contributed by atoms with Crippen molar-refractivity contribution < 1.29 is 37.3 Å². The summed E-state index contributed by atoms with van der Waals surface area (Å²) in [6, 6.07) is 0.904. The average Bonchev–Trinajstić information content (AvgIpc) is 2.27. The molecule has 0 heterocycles. The molecule has 0 fully saturated rings. The molecule has 0 aromatic rings. The molecule has 0 aromatic carbocycles. The van der Waals surface area contributed by atoms with Crippen molar-refractivity contribution in [1.29, 1.82) is 5.26 Å². The molecule has 0 spiro atoms. The van der Waals surface area contributed by atoms with E-state index in [1.165, 1.54) is 6.92 Å². The fourth-order valence-electron chi connectivity index (χ4n) is 1.10. The maximum Gasteiger partial charge on any atom is 0.430 e. The van der Waals surface area contributed by atoms with E-state index in [9.17, 15) is 27.9 Å². The molecule has 0 rings (SSSR count). The monoisotopic (exact) mass is 269 g/mol. The zero-order valence-corrected chi connectivity index (χ0v) is 9.45. The first kappa shape index (κ1) is 16.2. The summed E-state index contributed by atoms with van der Waals surface area (Å²) in [7, 11) is 0.582. The Morgan fingerprint density at radius 3 is 2.22 bits per heavy atom. The van der Waals surface area contributed by atoms with Gasteiger partial charge in [-0.2, -0.15) is 18.4 Å². The zero-order valence-electron chi connectivity index (χ0n) is 9.45. The fraction of sp³-hybridized carbons (Fsp3) is 0.667. The minimum atomic E-state index is -5.56. The first-order chi connectivity index (χ1) is 8.16. The van der Waals surface area contributed by atoms with Crippen LogP contribution in [0.5, 0.6) is 0 Å². The zero-order chi connectivity index (χ0) is 14.6. The van der Waals surface area contributed by atoms with Gasteiger partial charge < -0.3 is 14.6 Å². The number of nitriles is 1. The minimum Gasteiger partial charge on any atom is -0.467 e. The van der Waals surface area contributed by atoms with Crippen LogP contribution in [0.1, 0.15) is 6.92 Å². The number of carbonyl (C=O) groups excluding carboxylic acids is 2. The molecule has 1 N–H and O–H groups in total. The lowest BCUT2D eigenvalue weighted by Crippen LogP contribution is -2.60. The molecule has 0 radical (unpaired) electrons. The van der Waals surface area contributed by atoms with E-state index in [2.05, 4.69) is 9.47 Å². The Hall–Kier alpha value is -1.82. The van der Waals surface area contributed by atoms with Crippen LogP contribution in [0.2, 0.25) is 0 Å². The number of hydrogen-bond acceptors (Lipinski definition) is 6. The molecule has 0 saturated heterocycles. The molecule has 6 nitrogen and oxygen atoms in total. The molecule has 0 aliphatic carbocycles. The Morgan fingerprint density at radius 1 is 1.44 bits per heavy atom. The highest BCUT2D eigenvalue weighted by Crippen LogP contribution is 2.37. The van der Waals surface area contributed by atoms with Crippen LogP contribution in [0.15, 0.2) is 0 Å². The van der Waals surface area contributed by atoms with E-state index in [0.717, 1.165) is 6.07 Å². The second-order valence-electron chi connectivity index (χ2n) is 3.07. The van der Waals surface area contributed by atoms with Crippen molar-refractivity contribution in [2.45, 2.75) is 18.7 Å². The summed E-state index contributed by atoms with van der Waals surface area (Å²) in [6.07, 6.45) is -5.56. The number of carbonyl (C=O) groups is 2. The highest BCUT2D eigenvalue weighted by atomic mass is 19.4. The normalized spacial score (nSPS) is 16.1. The van der Waals surface area contributed by atoms with Crippen molar-refractivity contribution >= 4 is 11.9 Å². The number of esters is 2. The molecule has 2 atom stereocenters. The van der Waals surface area contributed by atoms with Crippen molar-refractivity contribution in [3.8, 4) is 6.07 Å². The number of hydrogen-bond donors (Lipinski definition) is 1. The van der Waals surface area contributed by atoms with Crippen LogP contribution in [-0.4, -0.2) is 42.5 Å². The predicted molar refractivity (Wildman–Crippen MR) is 48.8 cm³/mol. The van der Waals surface area contributed by atoms with E-state index in [1.807, 2.05) is 0 Å². The van der Waals surface area contributed by atoms with Crippen LogP contribution in [0.4, 0.5) is 13.2 Å². The van der Waals surface area contributed by atoms with E-state index < -0.39 is 29.6 Å². The largest absolute Gasteiger partial charge is 0.467 e. The number of alkyl halides is 3. The lowest BCUT2D eigenvalue weighted by atomic mass is 9.87. The maximum atomic E-state index is 12.7. The Labute approximate surface area is 99.9 Å².